The summed E-state index contributed by atoms with van der Waals surface area (Å²) in [5, 5.41) is 9.49. The summed E-state index contributed by atoms with van der Waals surface area (Å²) in [6.07, 6.45) is 5.49. The second-order valence-electron chi connectivity index (χ2n) is 3.85. The van der Waals surface area contributed by atoms with Crippen LogP contribution in [0.25, 0.3) is 0 Å². The summed E-state index contributed by atoms with van der Waals surface area (Å²) in [6.45, 7) is 3.88. The number of phenols is 1. The van der Waals surface area contributed by atoms with Gasteiger partial charge in [0.1, 0.15) is 17.4 Å². The van der Waals surface area contributed by atoms with Gasteiger partial charge in [-0.1, -0.05) is 31.2 Å². The maximum Gasteiger partial charge on any atom is 0.342 e. The van der Waals surface area contributed by atoms with Crippen LogP contribution in [-0.2, 0) is 4.74 Å². The van der Waals surface area contributed by atoms with Gasteiger partial charge in [-0.25, -0.2) is 4.79 Å². The molecule has 1 aromatic rings. The van der Waals surface area contributed by atoms with Crippen LogP contribution in [0.1, 0.15) is 37.0 Å². The Kier molecular flexibility index (Phi) is 5.27. The molecule has 0 radical (unpaired) electrons. The highest BCUT2D eigenvalue weighted by atomic mass is 16.5. The van der Waals surface area contributed by atoms with Crippen molar-refractivity contribution in [2.75, 3.05) is 0 Å². The summed E-state index contributed by atoms with van der Waals surface area (Å²) >= 11 is 0. The van der Waals surface area contributed by atoms with Gasteiger partial charge >= 0.3 is 5.97 Å². The van der Waals surface area contributed by atoms with Crippen LogP contribution in [0.5, 0.6) is 5.75 Å². The van der Waals surface area contributed by atoms with E-state index in [4.69, 9.17) is 4.74 Å². The number of hydrogen-bond donors (Lipinski definition) is 1. The van der Waals surface area contributed by atoms with Gasteiger partial charge in [-0.15, -0.1) is 0 Å². The van der Waals surface area contributed by atoms with E-state index < -0.39 is 5.97 Å². The summed E-state index contributed by atoms with van der Waals surface area (Å²) in [6, 6.07) is 6.38. The first-order valence-corrected chi connectivity index (χ1v) is 5.79. The average molecular weight is 234 g/mol. The number of ether oxygens (including phenoxy) is 1. The standard InChI is InChI=1S/C14H18O3/c1-3-4-5-8-11(2)17-14(16)12-9-6-7-10-13(12)15/h4-7,9-11,15H,3,8H2,1-2H3. The minimum Gasteiger partial charge on any atom is -0.507 e. The molecule has 1 aromatic carbocycles. The normalized spacial score (nSPS) is 12.6. The largest absolute Gasteiger partial charge is 0.507 e. The maximum absolute atomic E-state index is 11.7. The van der Waals surface area contributed by atoms with Crippen LogP contribution >= 0.6 is 0 Å². The molecule has 3 nitrogen and oxygen atoms in total. The minimum atomic E-state index is -0.486. The lowest BCUT2D eigenvalue weighted by atomic mass is 10.2. The zero-order valence-electron chi connectivity index (χ0n) is 10.2. The Morgan fingerprint density at radius 2 is 2.12 bits per heavy atom. The van der Waals surface area contributed by atoms with E-state index in [2.05, 4.69) is 6.92 Å². The average Bonchev–Trinajstić information content (AvgIpc) is 2.29. The van der Waals surface area contributed by atoms with Crippen molar-refractivity contribution in [3.05, 3.63) is 42.0 Å². The molecule has 1 atom stereocenters. The number of hydrogen-bond acceptors (Lipinski definition) is 3. The molecule has 1 N–H and O–H groups in total. The zero-order chi connectivity index (χ0) is 12.7. The van der Waals surface area contributed by atoms with Gasteiger partial charge in [-0.2, -0.15) is 0 Å². The van der Waals surface area contributed by atoms with Crippen molar-refractivity contribution in [1.82, 2.24) is 0 Å². The second kappa shape index (κ2) is 6.74. The lowest BCUT2D eigenvalue weighted by molar-refractivity contribution is 0.0344. The van der Waals surface area contributed by atoms with Crippen molar-refractivity contribution in [2.24, 2.45) is 0 Å². The number of aromatic hydroxyl groups is 1. The number of carbonyl (C=O) groups excluding carboxylic acids is 1. The lowest BCUT2D eigenvalue weighted by Gasteiger charge is -2.11. The third-order valence-electron chi connectivity index (χ3n) is 2.30. The number of allylic oxidation sites excluding steroid dienone is 1. The Morgan fingerprint density at radius 1 is 1.41 bits per heavy atom. The van der Waals surface area contributed by atoms with Crippen molar-refractivity contribution < 1.29 is 14.6 Å². The molecule has 0 aliphatic heterocycles. The number of benzene rings is 1. The van der Waals surface area contributed by atoms with Crippen molar-refractivity contribution in [3.63, 3.8) is 0 Å². The molecule has 0 saturated carbocycles. The molecule has 0 aromatic heterocycles. The molecule has 3 heteroatoms. The molecule has 0 amide bonds. The highest BCUT2D eigenvalue weighted by Crippen LogP contribution is 2.17. The van der Waals surface area contributed by atoms with Crippen molar-refractivity contribution in [2.45, 2.75) is 32.8 Å². The first kappa shape index (κ1) is 13.3. The smallest absolute Gasteiger partial charge is 0.342 e. The number of carbonyl (C=O) groups is 1. The summed E-state index contributed by atoms with van der Waals surface area (Å²) in [7, 11) is 0. The van der Waals surface area contributed by atoms with Crippen molar-refractivity contribution >= 4 is 5.97 Å². The lowest BCUT2D eigenvalue weighted by Crippen LogP contribution is -2.14. The van der Waals surface area contributed by atoms with E-state index >= 15 is 0 Å². The van der Waals surface area contributed by atoms with Crippen LogP contribution in [0, 0.1) is 0 Å². The molecule has 17 heavy (non-hydrogen) atoms. The van der Waals surface area contributed by atoms with Crippen molar-refractivity contribution in [3.8, 4) is 5.75 Å². The van der Waals surface area contributed by atoms with Gasteiger partial charge in [-0.3, -0.25) is 0 Å². The molecule has 0 aliphatic rings. The Bertz CT molecular complexity index is 396. The third kappa shape index (κ3) is 4.31. The Morgan fingerprint density at radius 3 is 2.76 bits per heavy atom. The van der Waals surface area contributed by atoms with Gasteiger partial charge in [0.15, 0.2) is 0 Å². The quantitative estimate of drug-likeness (QED) is 0.628. The fraction of sp³-hybridized carbons (Fsp3) is 0.357. The summed E-state index contributed by atoms with van der Waals surface area (Å²) in [4.78, 5) is 11.7. The number of rotatable bonds is 5. The summed E-state index contributed by atoms with van der Waals surface area (Å²) < 4.78 is 5.21. The van der Waals surface area contributed by atoms with Gasteiger partial charge in [0.25, 0.3) is 0 Å². The summed E-state index contributed by atoms with van der Waals surface area (Å²) in [5.74, 6) is -0.533. The third-order valence-corrected chi connectivity index (χ3v) is 2.30. The Labute approximate surface area is 102 Å². The predicted octanol–water partition coefficient (Wildman–Crippen LogP) is 3.29. The van der Waals surface area contributed by atoms with Crippen LogP contribution in [0.3, 0.4) is 0 Å². The van der Waals surface area contributed by atoms with Gasteiger partial charge in [-0.05, 0) is 25.5 Å². The van der Waals surface area contributed by atoms with Crippen LogP contribution < -0.4 is 0 Å². The highest BCUT2D eigenvalue weighted by Gasteiger charge is 2.14. The molecule has 0 spiro atoms. The zero-order valence-corrected chi connectivity index (χ0v) is 10.2. The van der Waals surface area contributed by atoms with E-state index in [9.17, 15) is 9.90 Å². The molecular formula is C14H18O3. The monoisotopic (exact) mass is 234 g/mol. The van der Waals surface area contributed by atoms with Crippen LogP contribution in [0.15, 0.2) is 36.4 Å². The predicted molar refractivity (Wildman–Crippen MR) is 67.0 cm³/mol. The molecule has 92 valence electrons. The number of esters is 1. The molecule has 0 fully saturated rings. The fourth-order valence-corrected chi connectivity index (χ4v) is 1.40. The van der Waals surface area contributed by atoms with Gasteiger partial charge in [0.2, 0.25) is 0 Å². The fourth-order valence-electron chi connectivity index (χ4n) is 1.40. The first-order chi connectivity index (χ1) is 8.15. The summed E-state index contributed by atoms with van der Waals surface area (Å²) in [5.41, 5.74) is 0.207. The van der Waals surface area contributed by atoms with Gasteiger partial charge in [0, 0.05) is 6.42 Å². The molecule has 1 unspecified atom stereocenters. The van der Waals surface area contributed by atoms with E-state index in [0.717, 1.165) is 6.42 Å². The molecule has 1 rings (SSSR count). The second-order valence-corrected chi connectivity index (χ2v) is 3.85. The van der Waals surface area contributed by atoms with E-state index in [0.29, 0.717) is 6.42 Å². The van der Waals surface area contributed by atoms with Crippen LogP contribution in [-0.4, -0.2) is 17.2 Å². The molecule has 0 saturated heterocycles. The van der Waals surface area contributed by atoms with Crippen molar-refractivity contribution in [1.29, 1.82) is 0 Å². The van der Waals surface area contributed by atoms with E-state index in [1.54, 1.807) is 18.2 Å². The van der Waals surface area contributed by atoms with E-state index in [-0.39, 0.29) is 17.4 Å². The van der Waals surface area contributed by atoms with Gasteiger partial charge < -0.3 is 9.84 Å². The minimum absolute atomic E-state index is 0.0474. The molecular weight excluding hydrogens is 216 g/mol. The van der Waals surface area contributed by atoms with Crippen LogP contribution in [0.4, 0.5) is 0 Å². The number of para-hydroxylation sites is 1. The Hall–Kier alpha value is -1.77. The van der Waals surface area contributed by atoms with E-state index in [1.165, 1.54) is 6.07 Å². The first-order valence-electron chi connectivity index (χ1n) is 5.79. The van der Waals surface area contributed by atoms with Crippen LogP contribution in [0.2, 0.25) is 0 Å². The molecule has 0 heterocycles. The maximum atomic E-state index is 11.7. The molecule has 0 bridgehead atoms. The number of phenolic OH excluding ortho intramolecular Hbond substituents is 1. The van der Waals surface area contributed by atoms with E-state index in [1.807, 2.05) is 19.1 Å². The van der Waals surface area contributed by atoms with Gasteiger partial charge in [0.05, 0.1) is 0 Å². The SMILES string of the molecule is CCC=CCC(C)OC(=O)c1ccccc1O. The highest BCUT2D eigenvalue weighted by molar-refractivity contribution is 5.92. The topological polar surface area (TPSA) is 46.5 Å². The molecule has 0 aliphatic carbocycles. The Balaban J connectivity index is 2.55.